The molecule has 0 aliphatic carbocycles. The Morgan fingerprint density at radius 1 is 1.57 bits per heavy atom. The van der Waals surface area contributed by atoms with Gasteiger partial charge in [-0.05, 0) is 6.07 Å². The van der Waals surface area contributed by atoms with E-state index in [1.165, 1.54) is 11.3 Å². The average Bonchev–Trinajstić information content (AvgIpc) is 3.12. The number of carbonyl (C=O) groups is 1. The van der Waals surface area contributed by atoms with Gasteiger partial charge in [-0.2, -0.15) is 5.10 Å². The van der Waals surface area contributed by atoms with E-state index in [1.807, 2.05) is 29.1 Å². The third-order valence-corrected chi connectivity index (χ3v) is 3.95. The molecule has 1 amide bonds. The highest BCUT2D eigenvalue weighted by Crippen LogP contribution is 2.15. The maximum absolute atomic E-state index is 12.3. The van der Waals surface area contributed by atoms with Crippen molar-refractivity contribution >= 4 is 22.2 Å². The molecule has 0 aliphatic rings. The monoisotopic (exact) mass is 305 g/mol. The molecule has 3 rings (SSSR count). The summed E-state index contributed by atoms with van der Waals surface area (Å²) in [5.74, 6) is -0.228. The molecule has 0 fully saturated rings. The Labute approximate surface area is 125 Å². The maximum atomic E-state index is 12.3. The number of rotatable bonds is 5. The maximum Gasteiger partial charge on any atom is 0.272 e. The Balaban J connectivity index is 1.80. The molecular weight excluding hydrogens is 290 g/mol. The molecule has 0 unspecified atom stereocenters. The largest absolute Gasteiger partial charge is 0.382 e. The van der Waals surface area contributed by atoms with Crippen molar-refractivity contribution in [2.24, 2.45) is 7.05 Å². The van der Waals surface area contributed by atoms with Crippen LogP contribution in [0.5, 0.6) is 0 Å². The van der Waals surface area contributed by atoms with Crippen LogP contribution in [0.25, 0.3) is 4.96 Å². The highest BCUT2D eigenvalue weighted by Gasteiger charge is 2.20. The Bertz CT molecular complexity index is 731. The smallest absolute Gasteiger partial charge is 0.272 e. The number of amides is 1. The summed E-state index contributed by atoms with van der Waals surface area (Å²) in [5, 5.41) is 8.97. The lowest BCUT2D eigenvalue weighted by Gasteiger charge is -2.17. The van der Waals surface area contributed by atoms with Crippen LogP contribution in [0, 0.1) is 0 Å². The van der Waals surface area contributed by atoms with Crippen LogP contribution in [0.2, 0.25) is 0 Å². The molecule has 110 valence electrons. The molecule has 0 saturated heterocycles. The van der Waals surface area contributed by atoms with Crippen molar-refractivity contribution in [1.82, 2.24) is 24.5 Å². The van der Waals surface area contributed by atoms with E-state index >= 15 is 0 Å². The summed E-state index contributed by atoms with van der Waals surface area (Å²) < 4.78 is 8.73. The number of aromatic nitrogens is 4. The number of hydrogen-bond acceptors (Lipinski definition) is 5. The van der Waals surface area contributed by atoms with Crippen molar-refractivity contribution in [2.75, 3.05) is 13.7 Å². The van der Waals surface area contributed by atoms with E-state index < -0.39 is 0 Å². The molecule has 3 aromatic rings. The fourth-order valence-corrected chi connectivity index (χ4v) is 2.86. The minimum Gasteiger partial charge on any atom is -0.382 e. The standard InChI is InChI=1S/C13H15N5O2S/c1-17-11(3-4-14-17)10(8-20-2)15-12(19)9-7-18-5-6-21-13(18)16-9/h3-7,10H,8H2,1-2H3,(H,15,19)/t10-/m0/s1. The van der Waals surface area contributed by atoms with Crippen molar-refractivity contribution < 1.29 is 9.53 Å². The molecule has 1 N–H and O–H groups in total. The van der Waals surface area contributed by atoms with Crippen LogP contribution < -0.4 is 5.32 Å². The van der Waals surface area contributed by atoms with Crippen LogP contribution in [0.3, 0.4) is 0 Å². The quantitative estimate of drug-likeness (QED) is 0.770. The minimum atomic E-state index is -0.269. The van der Waals surface area contributed by atoms with Gasteiger partial charge in [0.1, 0.15) is 5.69 Å². The zero-order valence-corrected chi connectivity index (χ0v) is 12.5. The number of hydrogen-bond donors (Lipinski definition) is 1. The van der Waals surface area contributed by atoms with E-state index in [2.05, 4.69) is 15.4 Å². The average molecular weight is 305 g/mol. The fourth-order valence-electron chi connectivity index (χ4n) is 2.16. The lowest BCUT2D eigenvalue weighted by atomic mass is 10.2. The predicted octanol–water partition coefficient (Wildman–Crippen LogP) is 1.25. The second-order valence-electron chi connectivity index (χ2n) is 4.58. The molecule has 0 spiro atoms. The van der Waals surface area contributed by atoms with Crippen molar-refractivity contribution in [3.63, 3.8) is 0 Å². The number of methoxy groups -OCH3 is 1. The zero-order chi connectivity index (χ0) is 14.8. The number of carbonyl (C=O) groups excluding carboxylic acids is 1. The van der Waals surface area contributed by atoms with E-state index in [-0.39, 0.29) is 11.9 Å². The van der Waals surface area contributed by atoms with Crippen molar-refractivity contribution in [3.8, 4) is 0 Å². The third-order valence-electron chi connectivity index (χ3n) is 3.18. The number of ether oxygens (including phenoxy) is 1. The van der Waals surface area contributed by atoms with Gasteiger partial charge < -0.3 is 10.1 Å². The van der Waals surface area contributed by atoms with E-state index in [9.17, 15) is 4.79 Å². The van der Waals surface area contributed by atoms with Gasteiger partial charge in [0, 0.05) is 38.1 Å². The Morgan fingerprint density at radius 2 is 2.43 bits per heavy atom. The van der Waals surface area contributed by atoms with Crippen LogP contribution in [-0.4, -0.2) is 38.8 Å². The van der Waals surface area contributed by atoms with Gasteiger partial charge >= 0.3 is 0 Å². The number of nitrogens with zero attached hydrogens (tertiary/aromatic N) is 4. The number of nitrogens with one attached hydrogen (secondary N) is 1. The summed E-state index contributed by atoms with van der Waals surface area (Å²) in [7, 11) is 3.43. The van der Waals surface area contributed by atoms with Crippen LogP contribution >= 0.6 is 11.3 Å². The first-order chi connectivity index (χ1) is 10.2. The van der Waals surface area contributed by atoms with Crippen molar-refractivity contribution in [3.05, 3.63) is 41.4 Å². The summed E-state index contributed by atoms with van der Waals surface area (Å²) in [6, 6.07) is 1.59. The highest BCUT2D eigenvalue weighted by molar-refractivity contribution is 7.15. The lowest BCUT2D eigenvalue weighted by molar-refractivity contribution is 0.0888. The first-order valence-corrected chi connectivity index (χ1v) is 7.27. The normalized spacial score (nSPS) is 12.7. The summed E-state index contributed by atoms with van der Waals surface area (Å²) in [6.07, 6.45) is 5.28. The molecule has 3 aromatic heterocycles. The zero-order valence-electron chi connectivity index (χ0n) is 11.7. The van der Waals surface area contributed by atoms with Gasteiger partial charge in [-0.1, -0.05) is 0 Å². The summed E-state index contributed by atoms with van der Waals surface area (Å²) in [4.78, 5) is 17.4. The van der Waals surface area contributed by atoms with Gasteiger partial charge in [0.05, 0.1) is 18.3 Å². The van der Waals surface area contributed by atoms with Gasteiger partial charge in [0.2, 0.25) is 0 Å². The van der Waals surface area contributed by atoms with Crippen LogP contribution in [0.4, 0.5) is 0 Å². The molecule has 0 aromatic carbocycles. The first kappa shape index (κ1) is 13.8. The molecule has 0 aliphatic heterocycles. The number of thiazole rings is 1. The number of fused-ring (bicyclic) bond motifs is 1. The number of aryl methyl sites for hydroxylation is 1. The Morgan fingerprint density at radius 3 is 3.10 bits per heavy atom. The Hall–Kier alpha value is -2.19. The molecule has 0 saturated carbocycles. The molecule has 3 heterocycles. The summed E-state index contributed by atoms with van der Waals surface area (Å²) >= 11 is 1.49. The van der Waals surface area contributed by atoms with Gasteiger partial charge in [-0.25, -0.2) is 4.98 Å². The lowest BCUT2D eigenvalue weighted by Crippen LogP contribution is -2.32. The minimum absolute atomic E-state index is 0.228. The molecule has 7 nitrogen and oxygen atoms in total. The topological polar surface area (TPSA) is 73.4 Å². The summed E-state index contributed by atoms with van der Waals surface area (Å²) in [5.41, 5.74) is 1.27. The predicted molar refractivity (Wildman–Crippen MR) is 78.4 cm³/mol. The van der Waals surface area contributed by atoms with E-state index in [0.717, 1.165) is 10.7 Å². The van der Waals surface area contributed by atoms with Gasteiger partial charge in [-0.15, -0.1) is 11.3 Å². The van der Waals surface area contributed by atoms with Crippen LogP contribution in [0.1, 0.15) is 22.2 Å². The molecule has 0 bridgehead atoms. The molecule has 8 heteroatoms. The van der Waals surface area contributed by atoms with Gasteiger partial charge in [-0.3, -0.25) is 13.9 Å². The van der Waals surface area contributed by atoms with Crippen molar-refractivity contribution in [1.29, 1.82) is 0 Å². The summed E-state index contributed by atoms with van der Waals surface area (Å²) in [6.45, 7) is 0.369. The first-order valence-electron chi connectivity index (χ1n) is 6.39. The molecular formula is C13H15N5O2S. The Kier molecular flexibility index (Phi) is 3.72. The second kappa shape index (κ2) is 5.66. The second-order valence-corrected chi connectivity index (χ2v) is 5.45. The molecule has 21 heavy (non-hydrogen) atoms. The highest BCUT2D eigenvalue weighted by atomic mass is 32.1. The van der Waals surface area contributed by atoms with Crippen LogP contribution in [-0.2, 0) is 11.8 Å². The molecule has 1 atom stereocenters. The van der Waals surface area contributed by atoms with E-state index in [4.69, 9.17) is 4.74 Å². The number of imidazole rings is 1. The van der Waals surface area contributed by atoms with Crippen molar-refractivity contribution in [2.45, 2.75) is 6.04 Å². The van der Waals surface area contributed by atoms with E-state index in [0.29, 0.717) is 12.3 Å². The fraction of sp³-hybridized carbons (Fsp3) is 0.308. The van der Waals surface area contributed by atoms with Crippen LogP contribution in [0.15, 0.2) is 30.0 Å². The third kappa shape index (κ3) is 2.67. The molecule has 0 radical (unpaired) electrons. The van der Waals surface area contributed by atoms with Gasteiger partial charge in [0.15, 0.2) is 4.96 Å². The van der Waals surface area contributed by atoms with Gasteiger partial charge in [0.25, 0.3) is 5.91 Å². The van der Waals surface area contributed by atoms with E-state index in [1.54, 1.807) is 24.2 Å². The SMILES string of the molecule is COC[C@H](NC(=O)c1cn2ccsc2n1)c1ccnn1C.